The maximum atomic E-state index is 11.9. The minimum atomic E-state index is -0.0819. The van der Waals surface area contributed by atoms with E-state index < -0.39 is 0 Å². The fourth-order valence-electron chi connectivity index (χ4n) is 3.91. The number of hydrogen-bond acceptors (Lipinski definition) is 2. The Bertz CT molecular complexity index is 303. The Labute approximate surface area is 111 Å². The summed E-state index contributed by atoms with van der Waals surface area (Å²) < 4.78 is 0. The van der Waals surface area contributed by atoms with E-state index in [0.717, 1.165) is 17.8 Å². The summed E-state index contributed by atoms with van der Waals surface area (Å²) in [4.78, 5) is 11.9. The smallest absolute Gasteiger partial charge is 0.237 e. The zero-order valence-electron chi connectivity index (χ0n) is 12.2. The molecule has 0 radical (unpaired) electrons. The quantitative estimate of drug-likeness (QED) is 0.788. The van der Waals surface area contributed by atoms with E-state index in [9.17, 15) is 4.79 Å². The summed E-state index contributed by atoms with van der Waals surface area (Å²) in [6, 6.07) is 0.606. The first-order valence-electron chi connectivity index (χ1n) is 7.53. The van der Waals surface area contributed by atoms with Crippen LogP contribution in [0.15, 0.2) is 0 Å². The normalized spacial score (nSPS) is 33.7. The molecule has 0 aromatic heterocycles. The molecule has 2 N–H and O–H groups in total. The minimum absolute atomic E-state index is 0.0819. The molecule has 3 nitrogen and oxygen atoms in total. The Balaban J connectivity index is 1.80. The second-order valence-corrected chi connectivity index (χ2v) is 6.68. The summed E-state index contributed by atoms with van der Waals surface area (Å²) in [5.41, 5.74) is 0. The van der Waals surface area contributed by atoms with Crippen molar-refractivity contribution < 1.29 is 4.79 Å². The number of hydrogen-bond donors (Lipinski definition) is 2. The molecule has 1 amide bonds. The Morgan fingerprint density at radius 3 is 2.33 bits per heavy atom. The number of nitrogens with one attached hydrogen (secondary N) is 2. The van der Waals surface area contributed by atoms with E-state index in [1.54, 1.807) is 0 Å². The average Bonchev–Trinajstić information content (AvgIpc) is 2.89. The number of rotatable bonds is 5. The highest BCUT2D eigenvalue weighted by molar-refractivity contribution is 5.81. The zero-order valence-corrected chi connectivity index (χ0v) is 12.2. The Hall–Kier alpha value is -0.570. The molecule has 0 saturated heterocycles. The highest BCUT2D eigenvalue weighted by Gasteiger charge is 2.42. The number of carbonyl (C=O) groups is 1. The SMILES string of the molecule is CC(C)NC(=O)C(C)NC(C)C1C[C@@H]2CC[C@H]1C2. The lowest BCUT2D eigenvalue weighted by molar-refractivity contribution is -0.123. The molecule has 2 saturated carbocycles. The van der Waals surface area contributed by atoms with Crippen molar-refractivity contribution >= 4 is 5.91 Å². The highest BCUT2D eigenvalue weighted by atomic mass is 16.2. The summed E-state index contributed by atoms with van der Waals surface area (Å²) in [6.45, 7) is 8.24. The van der Waals surface area contributed by atoms with Crippen LogP contribution < -0.4 is 10.6 Å². The van der Waals surface area contributed by atoms with E-state index in [0.29, 0.717) is 6.04 Å². The first-order chi connectivity index (χ1) is 8.47. The van der Waals surface area contributed by atoms with Crippen LogP contribution in [0.2, 0.25) is 0 Å². The van der Waals surface area contributed by atoms with Crippen LogP contribution in [0.3, 0.4) is 0 Å². The van der Waals surface area contributed by atoms with E-state index in [2.05, 4.69) is 17.6 Å². The maximum Gasteiger partial charge on any atom is 0.237 e. The number of amides is 1. The van der Waals surface area contributed by atoms with E-state index in [1.807, 2.05) is 20.8 Å². The van der Waals surface area contributed by atoms with Gasteiger partial charge in [0.1, 0.15) is 0 Å². The zero-order chi connectivity index (χ0) is 13.3. The average molecular weight is 252 g/mol. The van der Waals surface area contributed by atoms with E-state index >= 15 is 0 Å². The van der Waals surface area contributed by atoms with Crippen molar-refractivity contribution in [2.75, 3.05) is 0 Å². The number of carbonyl (C=O) groups excluding carboxylic acids is 1. The molecule has 0 aliphatic heterocycles. The van der Waals surface area contributed by atoms with Crippen LogP contribution in [-0.4, -0.2) is 24.0 Å². The van der Waals surface area contributed by atoms with Crippen LogP contribution in [-0.2, 0) is 4.79 Å². The maximum absolute atomic E-state index is 11.9. The standard InChI is InChI=1S/C15H28N2O/c1-9(2)16-15(18)11(4)17-10(3)14-8-12-5-6-13(14)7-12/h9-14,17H,5-8H2,1-4H3,(H,16,18)/t10?,11?,12-,13+,14?/m1/s1. The molecule has 3 heteroatoms. The van der Waals surface area contributed by atoms with Crippen molar-refractivity contribution in [1.82, 2.24) is 10.6 Å². The second kappa shape index (κ2) is 5.60. The summed E-state index contributed by atoms with van der Waals surface area (Å²) in [6.07, 6.45) is 5.66. The molecule has 2 rings (SSSR count). The molecule has 2 bridgehead atoms. The van der Waals surface area contributed by atoms with Crippen molar-refractivity contribution in [2.45, 2.75) is 71.5 Å². The van der Waals surface area contributed by atoms with Gasteiger partial charge in [0.05, 0.1) is 6.04 Å². The summed E-state index contributed by atoms with van der Waals surface area (Å²) in [5, 5.41) is 6.47. The van der Waals surface area contributed by atoms with Gasteiger partial charge in [-0.05, 0) is 64.7 Å². The predicted molar refractivity (Wildman–Crippen MR) is 74.3 cm³/mol. The van der Waals surface area contributed by atoms with Crippen LogP contribution in [0.25, 0.3) is 0 Å². The lowest BCUT2D eigenvalue weighted by Gasteiger charge is -2.30. The fraction of sp³-hybridized carbons (Fsp3) is 0.933. The van der Waals surface area contributed by atoms with Crippen molar-refractivity contribution in [1.29, 1.82) is 0 Å². The molecule has 3 unspecified atom stereocenters. The third-order valence-corrected chi connectivity index (χ3v) is 4.77. The van der Waals surface area contributed by atoms with E-state index in [4.69, 9.17) is 0 Å². The van der Waals surface area contributed by atoms with Gasteiger partial charge in [-0.3, -0.25) is 4.79 Å². The van der Waals surface area contributed by atoms with Gasteiger partial charge < -0.3 is 10.6 Å². The van der Waals surface area contributed by atoms with Crippen LogP contribution in [0.4, 0.5) is 0 Å². The van der Waals surface area contributed by atoms with Crippen LogP contribution in [0.5, 0.6) is 0 Å². The van der Waals surface area contributed by atoms with Crippen molar-refractivity contribution in [3.05, 3.63) is 0 Å². The highest BCUT2D eigenvalue weighted by Crippen LogP contribution is 2.49. The summed E-state index contributed by atoms with van der Waals surface area (Å²) in [5.74, 6) is 2.81. The second-order valence-electron chi connectivity index (χ2n) is 6.68. The van der Waals surface area contributed by atoms with Crippen molar-refractivity contribution in [3.63, 3.8) is 0 Å². The summed E-state index contributed by atoms with van der Waals surface area (Å²) in [7, 11) is 0. The molecule has 0 spiro atoms. The molecule has 2 aliphatic rings. The molecule has 2 fully saturated rings. The van der Waals surface area contributed by atoms with Crippen molar-refractivity contribution in [3.8, 4) is 0 Å². The molecule has 0 aromatic rings. The van der Waals surface area contributed by atoms with E-state index in [-0.39, 0.29) is 18.0 Å². The first-order valence-corrected chi connectivity index (χ1v) is 7.53. The molecule has 104 valence electrons. The third-order valence-electron chi connectivity index (χ3n) is 4.77. The molecular weight excluding hydrogens is 224 g/mol. The van der Waals surface area contributed by atoms with Gasteiger partial charge in [0.15, 0.2) is 0 Å². The molecule has 0 aromatic carbocycles. The molecule has 0 heterocycles. The van der Waals surface area contributed by atoms with Gasteiger partial charge in [-0.15, -0.1) is 0 Å². The van der Waals surface area contributed by atoms with Crippen molar-refractivity contribution in [2.24, 2.45) is 17.8 Å². The van der Waals surface area contributed by atoms with Gasteiger partial charge in [-0.25, -0.2) is 0 Å². The van der Waals surface area contributed by atoms with Gasteiger partial charge in [-0.2, -0.15) is 0 Å². The van der Waals surface area contributed by atoms with Gasteiger partial charge in [-0.1, -0.05) is 6.42 Å². The van der Waals surface area contributed by atoms with Gasteiger partial charge in [0, 0.05) is 12.1 Å². The van der Waals surface area contributed by atoms with E-state index in [1.165, 1.54) is 25.7 Å². The molecular formula is C15H28N2O. The Morgan fingerprint density at radius 1 is 1.11 bits per heavy atom. The molecule has 2 aliphatic carbocycles. The van der Waals surface area contributed by atoms with Gasteiger partial charge in [0.2, 0.25) is 5.91 Å². The van der Waals surface area contributed by atoms with Crippen LogP contribution in [0, 0.1) is 17.8 Å². The lowest BCUT2D eigenvalue weighted by atomic mass is 9.84. The first kappa shape index (κ1) is 13.9. The fourth-order valence-corrected chi connectivity index (χ4v) is 3.91. The molecule has 18 heavy (non-hydrogen) atoms. The lowest BCUT2D eigenvalue weighted by Crippen LogP contribution is -2.50. The predicted octanol–water partition coefficient (Wildman–Crippen LogP) is 2.31. The monoisotopic (exact) mass is 252 g/mol. The van der Waals surface area contributed by atoms with Gasteiger partial charge in [0.25, 0.3) is 0 Å². The van der Waals surface area contributed by atoms with Crippen LogP contribution in [0.1, 0.15) is 53.4 Å². The molecule has 5 atom stereocenters. The third kappa shape index (κ3) is 3.05. The number of fused-ring (bicyclic) bond motifs is 2. The Morgan fingerprint density at radius 2 is 1.83 bits per heavy atom. The largest absolute Gasteiger partial charge is 0.353 e. The Kier molecular flexibility index (Phi) is 4.31. The van der Waals surface area contributed by atoms with Crippen LogP contribution >= 0.6 is 0 Å². The summed E-state index contributed by atoms with van der Waals surface area (Å²) >= 11 is 0. The van der Waals surface area contributed by atoms with Gasteiger partial charge >= 0.3 is 0 Å². The minimum Gasteiger partial charge on any atom is -0.353 e. The topological polar surface area (TPSA) is 41.1 Å².